The van der Waals surface area contributed by atoms with Crippen LogP contribution in [0.25, 0.3) is 0 Å². The van der Waals surface area contributed by atoms with E-state index in [1.54, 1.807) is 39.0 Å². The highest BCUT2D eigenvalue weighted by molar-refractivity contribution is 6.04. The van der Waals surface area contributed by atoms with E-state index in [1.165, 1.54) is 0 Å². The van der Waals surface area contributed by atoms with Crippen molar-refractivity contribution >= 4 is 11.8 Å². The Morgan fingerprint density at radius 2 is 1.75 bits per heavy atom. The molecule has 0 unspecified atom stereocenters. The Kier molecular flexibility index (Phi) is 5.70. The first kappa shape index (κ1) is 18.1. The fraction of sp³-hybridized carbons (Fsp3) is 0.556. The second-order valence-electron chi connectivity index (χ2n) is 6.50. The fourth-order valence-corrected chi connectivity index (χ4v) is 2.81. The molecule has 1 aromatic rings. The molecule has 1 saturated heterocycles. The Balaban J connectivity index is 2.00. The van der Waals surface area contributed by atoms with Gasteiger partial charge >= 0.3 is 0 Å². The van der Waals surface area contributed by atoms with Gasteiger partial charge in [0.05, 0.1) is 14.2 Å². The molecule has 1 aliphatic rings. The first-order valence-electron chi connectivity index (χ1n) is 8.18. The van der Waals surface area contributed by atoms with Crippen LogP contribution in [-0.2, 0) is 16.1 Å². The van der Waals surface area contributed by atoms with Gasteiger partial charge in [0.15, 0.2) is 11.5 Å². The first-order valence-corrected chi connectivity index (χ1v) is 8.18. The van der Waals surface area contributed by atoms with Crippen LogP contribution in [0, 0.1) is 5.41 Å². The van der Waals surface area contributed by atoms with E-state index in [1.807, 2.05) is 12.1 Å². The van der Waals surface area contributed by atoms with Gasteiger partial charge in [-0.1, -0.05) is 6.07 Å². The van der Waals surface area contributed by atoms with E-state index < -0.39 is 5.41 Å². The number of ether oxygens (including phenoxy) is 2. The molecule has 1 heterocycles. The Morgan fingerprint density at radius 3 is 2.33 bits per heavy atom. The van der Waals surface area contributed by atoms with E-state index in [9.17, 15) is 9.59 Å². The van der Waals surface area contributed by atoms with E-state index in [-0.39, 0.29) is 11.8 Å². The molecule has 0 atom stereocenters. The van der Waals surface area contributed by atoms with Crippen molar-refractivity contribution in [3.8, 4) is 11.5 Å². The highest BCUT2D eigenvalue weighted by Crippen LogP contribution is 2.28. The van der Waals surface area contributed by atoms with Crippen molar-refractivity contribution in [1.82, 2.24) is 10.2 Å². The van der Waals surface area contributed by atoms with Crippen LogP contribution in [0.15, 0.2) is 18.2 Å². The smallest absolute Gasteiger partial charge is 0.237 e. The maximum Gasteiger partial charge on any atom is 0.237 e. The number of nitrogens with zero attached hydrogens (tertiary/aromatic N) is 1. The van der Waals surface area contributed by atoms with Crippen LogP contribution in [0.2, 0.25) is 0 Å². The zero-order chi connectivity index (χ0) is 17.7. The van der Waals surface area contributed by atoms with Crippen LogP contribution in [-0.4, -0.2) is 44.0 Å². The van der Waals surface area contributed by atoms with Gasteiger partial charge in [-0.05, 0) is 44.4 Å². The molecule has 132 valence electrons. The molecule has 1 N–H and O–H groups in total. The van der Waals surface area contributed by atoms with E-state index in [0.29, 0.717) is 18.0 Å². The van der Waals surface area contributed by atoms with Crippen LogP contribution in [0.1, 0.15) is 32.3 Å². The van der Waals surface area contributed by atoms with Crippen molar-refractivity contribution in [3.63, 3.8) is 0 Å². The van der Waals surface area contributed by atoms with Gasteiger partial charge in [-0.2, -0.15) is 0 Å². The number of rotatable bonds is 6. The molecule has 1 fully saturated rings. The minimum Gasteiger partial charge on any atom is -0.493 e. The number of benzene rings is 1. The molecule has 6 nitrogen and oxygen atoms in total. The van der Waals surface area contributed by atoms with Crippen LogP contribution >= 0.6 is 0 Å². The second-order valence-corrected chi connectivity index (χ2v) is 6.50. The molecule has 0 saturated carbocycles. The fourth-order valence-electron chi connectivity index (χ4n) is 2.81. The number of hydrogen-bond donors (Lipinski definition) is 1. The Labute approximate surface area is 143 Å². The minimum atomic E-state index is -1.07. The van der Waals surface area contributed by atoms with Crippen LogP contribution in [0.3, 0.4) is 0 Å². The minimum absolute atomic E-state index is 0.107. The number of amides is 2. The second kappa shape index (κ2) is 7.55. The number of carbonyl (C=O) groups is 2. The highest BCUT2D eigenvalue weighted by Gasteiger charge is 2.39. The van der Waals surface area contributed by atoms with E-state index in [4.69, 9.17) is 9.47 Å². The van der Waals surface area contributed by atoms with Gasteiger partial charge in [0, 0.05) is 19.6 Å². The Morgan fingerprint density at radius 1 is 1.12 bits per heavy atom. The molecule has 0 bridgehead atoms. The largest absolute Gasteiger partial charge is 0.493 e. The van der Waals surface area contributed by atoms with Crippen molar-refractivity contribution in [3.05, 3.63) is 23.8 Å². The lowest BCUT2D eigenvalue weighted by Crippen LogP contribution is -2.48. The summed E-state index contributed by atoms with van der Waals surface area (Å²) in [5.74, 6) is 0.868. The summed E-state index contributed by atoms with van der Waals surface area (Å²) in [4.78, 5) is 26.8. The van der Waals surface area contributed by atoms with E-state index >= 15 is 0 Å². The molecule has 0 radical (unpaired) electrons. The molecule has 24 heavy (non-hydrogen) atoms. The third-order valence-corrected chi connectivity index (χ3v) is 4.40. The Hall–Kier alpha value is -2.24. The average Bonchev–Trinajstić information content (AvgIpc) is 3.12. The zero-order valence-corrected chi connectivity index (χ0v) is 14.8. The lowest BCUT2D eigenvalue weighted by Gasteiger charge is -2.28. The predicted molar refractivity (Wildman–Crippen MR) is 91.0 cm³/mol. The van der Waals surface area contributed by atoms with Crippen molar-refractivity contribution in [2.75, 3.05) is 27.3 Å². The summed E-state index contributed by atoms with van der Waals surface area (Å²) in [7, 11) is 3.14. The molecule has 2 amide bonds. The lowest BCUT2D eigenvalue weighted by atomic mass is 9.90. The van der Waals surface area contributed by atoms with Crippen molar-refractivity contribution in [2.45, 2.75) is 33.2 Å². The van der Waals surface area contributed by atoms with Gasteiger partial charge in [0.2, 0.25) is 11.8 Å². The third-order valence-electron chi connectivity index (χ3n) is 4.40. The third kappa shape index (κ3) is 3.80. The molecule has 2 rings (SSSR count). The molecule has 1 aromatic carbocycles. The maximum atomic E-state index is 12.5. The average molecular weight is 334 g/mol. The summed E-state index contributed by atoms with van der Waals surface area (Å²) < 4.78 is 10.5. The lowest BCUT2D eigenvalue weighted by molar-refractivity contribution is -0.147. The molecule has 0 spiro atoms. The summed E-state index contributed by atoms with van der Waals surface area (Å²) in [5, 5.41) is 2.85. The SMILES string of the molecule is COc1ccc(CNC(=O)C(C)(C)C(=O)N2CCCC2)cc1OC. The monoisotopic (exact) mass is 334 g/mol. The van der Waals surface area contributed by atoms with Crippen LogP contribution in [0.4, 0.5) is 0 Å². The van der Waals surface area contributed by atoms with Crippen LogP contribution in [0.5, 0.6) is 11.5 Å². The molecule has 0 aliphatic carbocycles. The molecule has 1 aliphatic heterocycles. The number of carbonyl (C=O) groups excluding carboxylic acids is 2. The zero-order valence-electron chi connectivity index (χ0n) is 14.8. The number of hydrogen-bond acceptors (Lipinski definition) is 4. The van der Waals surface area contributed by atoms with Gasteiger partial charge in [-0.25, -0.2) is 0 Å². The summed E-state index contributed by atoms with van der Waals surface area (Å²) in [5.41, 5.74) is -0.189. The highest BCUT2D eigenvalue weighted by atomic mass is 16.5. The van der Waals surface area contributed by atoms with Crippen LogP contribution < -0.4 is 14.8 Å². The topological polar surface area (TPSA) is 67.9 Å². The standard InChI is InChI=1S/C18H26N2O4/c1-18(2,17(22)20-9-5-6-10-20)16(21)19-12-13-7-8-14(23-3)15(11-13)24-4/h7-8,11H,5-6,9-10,12H2,1-4H3,(H,19,21). The summed E-state index contributed by atoms with van der Waals surface area (Å²) in [6.45, 7) is 5.17. The predicted octanol–water partition coefficient (Wildman–Crippen LogP) is 1.97. The van der Waals surface area contributed by atoms with Gasteiger partial charge in [0.25, 0.3) is 0 Å². The molecular weight excluding hydrogens is 308 g/mol. The van der Waals surface area contributed by atoms with E-state index in [2.05, 4.69) is 5.32 Å². The summed E-state index contributed by atoms with van der Waals surface area (Å²) >= 11 is 0. The first-order chi connectivity index (χ1) is 11.4. The summed E-state index contributed by atoms with van der Waals surface area (Å²) in [6.07, 6.45) is 2.02. The molecule has 0 aromatic heterocycles. The molecular formula is C18H26N2O4. The number of nitrogens with one attached hydrogen (secondary N) is 1. The molecule has 6 heteroatoms. The maximum absolute atomic E-state index is 12.5. The normalized spacial score (nSPS) is 14.4. The Bertz CT molecular complexity index is 607. The van der Waals surface area contributed by atoms with Gasteiger partial charge in [-0.3, -0.25) is 9.59 Å². The van der Waals surface area contributed by atoms with Crippen molar-refractivity contribution in [2.24, 2.45) is 5.41 Å². The number of likely N-dealkylation sites (tertiary alicyclic amines) is 1. The van der Waals surface area contributed by atoms with E-state index in [0.717, 1.165) is 31.5 Å². The van der Waals surface area contributed by atoms with Gasteiger partial charge in [-0.15, -0.1) is 0 Å². The van der Waals surface area contributed by atoms with Crippen molar-refractivity contribution in [1.29, 1.82) is 0 Å². The quantitative estimate of drug-likeness (QED) is 0.808. The van der Waals surface area contributed by atoms with Crippen molar-refractivity contribution < 1.29 is 19.1 Å². The van der Waals surface area contributed by atoms with Gasteiger partial charge < -0.3 is 19.7 Å². The number of methoxy groups -OCH3 is 2. The van der Waals surface area contributed by atoms with Gasteiger partial charge in [0.1, 0.15) is 5.41 Å². The summed E-state index contributed by atoms with van der Waals surface area (Å²) in [6, 6.07) is 5.46.